The van der Waals surface area contributed by atoms with Gasteiger partial charge in [-0.3, -0.25) is 14.6 Å². The lowest BCUT2D eigenvalue weighted by Gasteiger charge is -2.22. The molecule has 0 saturated carbocycles. The molecular weight excluding hydrogens is 352 g/mol. The van der Waals surface area contributed by atoms with Crippen molar-refractivity contribution in [1.29, 1.82) is 0 Å². The molecule has 3 rings (SSSR count). The quantitative estimate of drug-likeness (QED) is 0.658. The van der Waals surface area contributed by atoms with Gasteiger partial charge in [0, 0.05) is 38.4 Å². The molecule has 0 saturated heterocycles. The maximum Gasteiger partial charge on any atom is 0.274 e. The van der Waals surface area contributed by atoms with E-state index in [2.05, 4.69) is 15.3 Å². The second kappa shape index (κ2) is 9.97. The minimum atomic E-state index is -0.243. The summed E-state index contributed by atoms with van der Waals surface area (Å²) in [5.41, 5.74) is 2.29. The summed E-state index contributed by atoms with van der Waals surface area (Å²) in [5.74, 6) is -0.346. The largest absolute Gasteiger partial charge is 0.352 e. The van der Waals surface area contributed by atoms with Gasteiger partial charge in [-0.05, 0) is 11.1 Å². The van der Waals surface area contributed by atoms with Crippen molar-refractivity contribution in [2.75, 3.05) is 6.54 Å². The first kappa shape index (κ1) is 19.2. The third-order valence-electron chi connectivity index (χ3n) is 4.23. The fourth-order valence-corrected chi connectivity index (χ4v) is 2.75. The van der Waals surface area contributed by atoms with Crippen molar-refractivity contribution in [3.05, 3.63) is 96.1 Å². The number of carbonyl (C=O) groups is 2. The minimum absolute atomic E-state index is 0.103. The van der Waals surface area contributed by atoms with E-state index in [4.69, 9.17) is 0 Å². The molecule has 1 aromatic heterocycles. The summed E-state index contributed by atoms with van der Waals surface area (Å²) in [6.07, 6.45) is 4.66. The highest BCUT2D eigenvalue weighted by molar-refractivity contribution is 5.92. The number of benzene rings is 2. The summed E-state index contributed by atoms with van der Waals surface area (Å²) in [7, 11) is 0. The number of amides is 2. The highest BCUT2D eigenvalue weighted by Gasteiger charge is 2.18. The second-order valence-electron chi connectivity index (χ2n) is 6.32. The number of nitrogens with one attached hydrogen (secondary N) is 1. The van der Waals surface area contributed by atoms with E-state index < -0.39 is 0 Å². The molecular formula is C22H22N4O2. The molecule has 0 aliphatic heterocycles. The Bertz CT molecular complexity index is 886. The maximum absolute atomic E-state index is 12.8. The molecule has 2 amide bonds. The van der Waals surface area contributed by atoms with Crippen LogP contribution in [0.5, 0.6) is 0 Å². The van der Waals surface area contributed by atoms with E-state index >= 15 is 0 Å². The van der Waals surface area contributed by atoms with E-state index in [-0.39, 0.29) is 23.9 Å². The van der Waals surface area contributed by atoms with E-state index in [1.165, 1.54) is 18.6 Å². The van der Waals surface area contributed by atoms with Crippen LogP contribution in [0.15, 0.2) is 79.3 Å². The van der Waals surface area contributed by atoms with Crippen LogP contribution in [0.2, 0.25) is 0 Å². The average Bonchev–Trinajstić information content (AvgIpc) is 2.76. The molecule has 1 heterocycles. The molecule has 0 fully saturated rings. The molecule has 2 aromatic carbocycles. The van der Waals surface area contributed by atoms with Crippen molar-refractivity contribution in [3.8, 4) is 0 Å². The SMILES string of the molecule is O=C(CCN(Cc1ccccc1)C(=O)c1cnccn1)NCc1ccccc1. The molecule has 0 bridgehead atoms. The highest BCUT2D eigenvalue weighted by atomic mass is 16.2. The molecule has 0 aliphatic rings. The van der Waals surface area contributed by atoms with Gasteiger partial charge in [-0.1, -0.05) is 60.7 Å². The monoisotopic (exact) mass is 374 g/mol. The van der Waals surface area contributed by atoms with Crippen LogP contribution in [0.1, 0.15) is 28.0 Å². The lowest BCUT2D eigenvalue weighted by atomic mass is 10.2. The van der Waals surface area contributed by atoms with E-state index in [9.17, 15) is 9.59 Å². The van der Waals surface area contributed by atoms with E-state index in [1.54, 1.807) is 4.90 Å². The Hall–Kier alpha value is -3.54. The summed E-state index contributed by atoms with van der Waals surface area (Å²) in [6, 6.07) is 19.4. The van der Waals surface area contributed by atoms with Gasteiger partial charge in [0.05, 0.1) is 6.20 Å². The molecule has 3 aromatic rings. The number of carbonyl (C=O) groups excluding carboxylic acids is 2. The van der Waals surface area contributed by atoms with Crippen LogP contribution in [0.4, 0.5) is 0 Å². The smallest absolute Gasteiger partial charge is 0.274 e. The summed E-state index contributed by atoms with van der Waals surface area (Å²) in [4.78, 5) is 34.8. The highest BCUT2D eigenvalue weighted by Crippen LogP contribution is 2.09. The lowest BCUT2D eigenvalue weighted by Crippen LogP contribution is -2.35. The Kier molecular flexibility index (Phi) is 6.84. The molecule has 0 unspecified atom stereocenters. The molecule has 142 valence electrons. The number of hydrogen-bond donors (Lipinski definition) is 1. The summed E-state index contributed by atoms with van der Waals surface area (Å²) in [6.45, 7) is 1.17. The van der Waals surface area contributed by atoms with Crippen LogP contribution in [0.3, 0.4) is 0 Å². The van der Waals surface area contributed by atoms with Crippen LogP contribution < -0.4 is 5.32 Å². The molecule has 28 heavy (non-hydrogen) atoms. The first-order chi connectivity index (χ1) is 13.7. The summed E-state index contributed by atoms with van der Waals surface area (Å²) < 4.78 is 0. The van der Waals surface area contributed by atoms with Crippen LogP contribution in [0, 0.1) is 0 Å². The fraction of sp³-hybridized carbons (Fsp3) is 0.182. The average molecular weight is 374 g/mol. The second-order valence-corrected chi connectivity index (χ2v) is 6.32. The van der Waals surface area contributed by atoms with Gasteiger partial charge in [-0.2, -0.15) is 0 Å². The van der Waals surface area contributed by atoms with Crippen LogP contribution in [-0.2, 0) is 17.9 Å². The standard InChI is InChI=1S/C22H22N4O2/c27-21(25-15-18-7-3-1-4-8-18)11-14-26(17-19-9-5-2-6-10-19)22(28)20-16-23-12-13-24-20/h1-10,12-13,16H,11,14-15,17H2,(H,25,27). The number of hydrogen-bond acceptors (Lipinski definition) is 4. The Morgan fingerprint density at radius 3 is 2.21 bits per heavy atom. The van der Waals surface area contributed by atoms with Gasteiger partial charge in [0.1, 0.15) is 5.69 Å². The van der Waals surface area contributed by atoms with E-state index in [0.717, 1.165) is 11.1 Å². The first-order valence-corrected chi connectivity index (χ1v) is 9.12. The van der Waals surface area contributed by atoms with Gasteiger partial charge >= 0.3 is 0 Å². The van der Waals surface area contributed by atoms with Crippen molar-refractivity contribution in [2.45, 2.75) is 19.5 Å². The molecule has 6 heteroatoms. The van der Waals surface area contributed by atoms with Gasteiger partial charge in [-0.25, -0.2) is 4.98 Å². The maximum atomic E-state index is 12.8. The van der Waals surface area contributed by atoms with Gasteiger partial charge in [-0.15, -0.1) is 0 Å². The van der Waals surface area contributed by atoms with Gasteiger partial charge < -0.3 is 10.2 Å². The zero-order valence-electron chi connectivity index (χ0n) is 15.5. The van der Waals surface area contributed by atoms with Gasteiger partial charge in [0.15, 0.2) is 0 Å². The third kappa shape index (κ3) is 5.74. The number of nitrogens with zero attached hydrogens (tertiary/aromatic N) is 3. The topological polar surface area (TPSA) is 75.2 Å². The van der Waals surface area contributed by atoms with E-state index in [0.29, 0.717) is 19.6 Å². The molecule has 0 radical (unpaired) electrons. The molecule has 0 atom stereocenters. The van der Waals surface area contributed by atoms with Crippen LogP contribution in [-0.4, -0.2) is 33.2 Å². The van der Waals surface area contributed by atoms with Gasteiger partial charge in [0.25, 0.3) is 5.91 Å². The fourth-order valence-electron chi connectivity index (χ4n) is 2.75. The normalized spacial score (nSPS) is 10.3. The van der Waals surface area contributed by atoms with Crippen molar-refractivity contribution >= 4 is 11.8 Å². The molecule has 0 aliphatic carbocycles. The Morgan fingerprint density at radius 2 is 1.57 bits per heavy atom. The molecule has 0 spiro atoms. The minimum Gasteiger partial charge on any atom is -0.352 e. The van der Waals surface area contributed by atoms with Crippen LogP contribution in [0.25, 0.3) is 0 Å². The predicted octanol–water partition coefficient (Wildman–Crippen LogP) is 2.83. The zero-order chi connectivity index (χ0) is 19.6. The zero-order valence-corrected chi connectivity index (χ0v) is 15.5. The summed E-state index contributed by atoms with van der Waals surface area (Å²) >= 11 is 0. The number of aromatic nitrogens is 2. The van der Waals surface area contributed by atoms with Crippen molar-refractivity contribution < 1.29 is 9.59 Å². The van der Waals surface area contributed by atoms with E-state index in [1.807, 2.05) is 60.7 Å². The van der Waals surface area contributed by atoms with Crippen molar-refractivity contribution in [3.63, 3.8) is 0 Å². The Balaban J connectivity index is 1.61. The number of rotatable bonds is 8. The first-order valence-electron chi connectivity index (χ1n) is 9.12. The molecule has 1 N–H and O–H groups in total. The predicted molar refractivity (Wildman–Crippen MR) is 106 cm³/mol. The molecule has 6 nitrogen and oxygen atoms in total. The lowest BCUT2D eigenvalue weighted by molar-refractivity contribution is -0.121. The Morgan fingerprint density at radius 1 is 0.893 bits per heavy atom. The van der Waals surface area contributed by atoms with Gasteiger partial charge in [0.2, 0.25) is 5.91 Å². The van der Waals surface area contributed by atoms with Crippen molar-refractivity contribution in [2.24, 2.45) is 0 Å². The Labute approximate surface area is 164 Å². The van der Waals surface area contributed by atoms with Crippen LogP contribution >= 0.6 is 0 Å². The summed E-state index contributed by atoms with van der Waals surface area (Å²) in [5, 5.41) is 2.89. The third-order valence-corrected chi connectivity index (χ3v) is 4.23. The van der Waals surface area contributed by atoms with Crippen molar-refractivity contribution in [1.82, 2.24) is 20.2 Å².